The molecule has 4 heterocycles. The molecule has 0 radical (unpaired) electrons. The summed E-state index contributed by atoms with van der Waals surface area (Å²) in [4.78, 5) is 18.4. The van der Waals surface area contributed by atoms with E-state index in [0.29, 0.717) is 23.9 Å². The van der Waals surface area contributed by atoms with Gasteiger partial charge in [0.15, 0.2) is 5.65 Å². The van der Waals surface area contributed by atoms with Gasteiger partial charge in [-0.1, -0.05) is 57.2 Å². The second-order valence-corrected chi connectivity index (χ2v) is 11.0. The number of hydrogen-bond acceptors (Lipinski definition) is 5. The Bertz CT molecular complexity index is 1770. The van der Waals surface area contributed by atoms with Crippen molar-refractivity contribution in [2.45, 2.75) is 39.7 Å². The van der Waals surface area contributed by atoms with Crippen LogP contribution in [0.3, 0.4) is 0 Å². The molecule has 0 saturated carbocycles. The normalized spacial score (nSPS) is 12.9. The fourth-order valence-electron chi connectivity index (χ4n) is 4.85. The van der Waals surface area contributed by atoms with Gasteiger partial charge in [-0.05, 0) is 34.6 Å². The van der Waals surface area contributed by atoms with Crippen molar-refractivity contribution in [3.63, 3.8) is 0 Å². The summed E-state index contributed by atoms with van der Waals surface area (Å²) in [5.74, 6) is 1.16. The molecule has 4 aromatic heterocycles. The van der Waals surface area contributed by atoms with Crippen LogP contribution in [0.1, 0.15) is 48.4 Å². The van der Waals surface area contributed by atoms with Crippen molar-refractivity contribution in [1.29, 1.82) is 0 Å². The average Bonchev–Trinajstić information content (AvgIpc) is 3.57. The van der Waals surface area contributed by atoms with Crippen molar-refractivity contribution in [3.05, 3.63) is 86.9 Å². The molecule has 0 bridgehead atoms. The van der Waals surface area contributed by atoms with Crippen LogP contribution in [-0.2, 0) is 20.0 Å². The standard InChI is InChI=1S/C28H28N6OS/c1-16(2)17(3)19-10-8-18(9-11-19)12-24-31-27-26(36-24)22-14-30-34(28(35)25(22)33(27)4)15-20-6-5-7-23-21(20)13-29-32-23/h5-11,13-14,16-17H,12,15H2,1-4H3,(H,29,32). The van der Waals surface area contributed by atoms with Gasteiger partial charge in [0.25, 0.3) is 5.56 Å². The van der Waals surface area contributed by atoms with Crippen LogP contribution in [0.15, 0.2) is 59.7 Å². The lowest BCUT2D eigenvalue weighted by Gasteiger charge is -2.16. The highest BCUT2D eigenvalue weighted by molar-refractivity contribution is 7.19. The van der Waals surface area contributed by atoms with Crippen LogP contribution in [0, 0.1) is 5.92 Å². The maximum absolute atomic E-state index is 13.4. The predicted molar refractivity (Wildman–Crippen MR) is 146 cm³/mol. The first-order valence-electron chi connectivity index (χ1n) is 12.2. The minimum absolute atomic E-state index is 0.114. The maximum atomic E-state index is 13.4. The third kappa shape index (κ3) is 3.73. The molecule has 2 aromatic carbocycles. The van der Waals surface area contributed by atoms with E-state index >= 15 is 0 Å². The molecule has 0 aliphatic rings. The maximum Gasteiger partial charge on any atom is 0.291 e. The van der Waals surface area contributed by atoms with E-state index in [4.69, 9.17) is 4.98 Å². The average molecular weight is 497 g/mol. The van der Waals surface area contributed by atoms with E-state index in [0.717, 1.165) is 43.6 Å². The number of aromatic amines is 1. The Labute approximate surface area is 212 Å². The number of hydrogen-bond donors (Lipinski definition) is 1. The number of nitrogens with zero attached hydrogens (tertiary/aromatic N) is 5. The van der Waals surface area contributed by atoms with E-state index in [1.807, 2.05) is 29.8 Å². The van der Waals surface area contributed by atoms with Gasteiger partial charge in [0.2, 0.25) is 0 Å². The van der Waals surface area contributed by atoms with E-state index in [1.165, 1.54) is 15.8 Å². The lowest BCUT2D eigenvalue weighted by atomic mass is 9.90. The summed E-state index contributed by atoms with van der Waals surface area (Å²) in [7, 11) is 1.92. The first-order valence-corrected chi connectivity index (χ1v) is 13.1. The molecule has 1 unspecified atom stereocenters. The Hall–Kier alpha value is -3.78. The molecule has 8 heteroatoms. The fourth-order valence-corrected chi connectivity index (χ4v) is 5.99. The molecule has 0 aliphatic carbocycles. The van der Waals surface area contributed by atoms with E-state index in [9.17, 15) is 4.79 Å². The minimum atomic E-state index is -0.114. The largest absolute Gasteiger partial charge is 0.323 e. The Kier molecular flexibility index (Phi) is 5.48. The third-order valence-corrected chi connectivity index (χ3v) is 8.40. The van der Waals surface area contributed by atoms with Gasteiger partial charge in [0.05, 0.1) is 29.2 Å². The van der Waals surface area contributed by atoms with Gasteiger partial charge in [0.1, 0.15) is 10.5 Å². The lowest BCUT2D eigenvalue weighted by Crippen LogP contribution is -2.24. The number of aryl methyl sites for hydroxylation is 1. The second kappa shape index (κ2) is 8.71. The molecule has 6 rings (SSSR count). The first kappa shape index (κ1) is 22.7. The molecule has 182 valence electrons. The Balaban J connectivity index is 1.32. The zero-order chi connectivity index (χ0) is 25.0. The topological polar surface area (TPSA) is 81.4 Å². The van der Waals surface area contributed by atoms with Crippen LogP contribution in [0.25, 0.3) is 32.2 Å². The van der Waals surface area contributed by atoms with Crippen LogP contribution in [-0.4, -0.2) is 29.5 Å². The van der Waals surface area contributed by atoms with Crippen LogP contribution in [0.5, 0.6) is 0 Å². The number of thiazole rings is 1. The molecule has 1 N–H and O–H groups in total. The predicted octanol–water partition coefficient (Wildman–Crippen LogP) is 5.62. The molecule has 0 spiro atoms. The SMILES string of the molecule is CC(C)C(C)c1ccc(Cc2nc3c(s2)c2cnn(Cc4cccc5[nH]ncc45)c(=O)c2n3C)cc1. The van der Waals surface area contributed by atoms with Gasteiger partial charge in [-0.15, -0.1) is 11.3 Å². The van der Waals surface area contributed by atoms with Gasteiger partial charge < -0.3 is 4.57 Å². The van der Waals surface area contributed by atoms with Crippen LogP contribution in [0.4, 0.5) is 0 Å². The number of benzene rings is 2. The zero-order valence-corrected chi connectivity index (χ0v) is 21.6. The molecule has 0 amide bonds. The number of fused-ring (bicyclic) bond motifs is 4. The summed E-state index contributed by atoms with van der Waals surface area (Å²) < 4.78 is 4.45. The van der Waals surface area contributed by atoms with E-state index in [2.05, 4.69) is 60.3 Å². The van der Waals surface area contributed by atoms with Crippen molar-refractivity contribution >= 4 is 43.5 Å². The molecule has 1 atom stereocenters. The molecular weight excluding hydrogens is 468 g/mol. The summed E-state index contributed by atoms with van der Waals surface area (Å²) >= 11 is 1.65. The van der Waals surface area contributed by atoms with Gasteiger partial charge in [-0.25, -0.2) is 9.67 Å². The highest BCUT2D eigenvalue weighted by Crippen LogP contribution is 2.32. The van der Waals surface area contributed by atoms with Gasteiger partial charge in [0, 0.05) is 24.2 Å². The molecule has 0 saturated heterocycles. The second-order valence-electron chi connectivity index (χ2n) is 9.89. The summed E-state index contributed by atoms with van der Waals surface area (Å²) in [6.45, 7) is 7.17. The highest BCUT2D eigenvalue weighted by Gasteiger charge is 2.19. The lowest BCUT2D eigenvalue weighted by molar-refractivity contribution is 0.535. The minimum Gasteiger partial charge on any atom is -0.323 e. The molecule has 0 fully saturated rings. The quantitative estimate of drug-likeness (QED) is 0.325. The van der Waals surface area contributed by atoms with Gasteiger partial charge in [-0.2, -0.15) is 10.2 Å². The molecule has 6 aromatic rings. The van der Waals surface area contributed by atoms with E-state index in [-0.39, 0.29) is 5.56 Å². The number of nitrogens with one attached hydrogen (secondary N) is 1. The summed E-state index contributed by atoms with van der Waals surface area (Å²) in [5.41, 5.74) is 5.92. The highest BCUT2D eigenvalue weighted by atomic mass is 32.1. The number of H-pyrrole nitrogens is 1. The van der Waals surface area contributed by atoms with Crippen molar-refractivity contribution in [1.82, 2.24) is 29.5 Å². The van der Waals surface area contributed by atoms with Crippen LogP contribution < -0.4 is 5.56 Å². The van der Waals surface area contributed by atoms with Crippen molar-refractivity contribution in [2.75, 3.05) is 0 Å². The number of rotatable bonds is 6. The van der Waals surface area contributed by atoms with Crippen molar-refractivity contribution in [3.8, 4) is 0 Å². The Morgan fingerprint density at radius 3 is 2.61 bits per heavy atom. The third-order valence-electron chi connectivity index (χ3n) is 7.33. The van der Waals surface area contributed by atoms with Gasteiger partial charge in [-0.3, -0.25) is 9.89 Å². The monoisotopic (exact) mass is 496 g/mol. The zero-order valence-electron chi connectivity index (χ0n) is 20.8. The molecule has 0 aliphatic heterocycles. The summed E-state index contributed by atoms with van der Waals surface area (Å²) in [5, 5.41) is 14.5. The Morgan fingerprint density at radius 1 is 1.03 bits per heavy atom. The van der Waals surface area contributed by atoms with Crippen LogP contribution in [0.2, 0.25) is 0 Å². The smallest absolute Gasteiger partial charge is 0.291 e. The molecule has 7 nitrogen and oxygen atoms in total. The van der Waals surface area contributed by atoms with Crippen molar-refractivity contribution < 1.29 is 0 Å². The molecular formula is C28H28N6OS. The Morgan fingerprint density at radius 2 is 1.83 bits per heavy atom. The van der Waals surface area contributed by atoms with E-state index < -0.39 is 0 Å². The molecule has 36 heavy (non-hydrogen) atoms. The van der Waals surface area contributed by atoms with Crippen LogP contribution >= 0.6 is 11.3 Å². The van der Waals surface area contributed by atoms with Gasteiger partial charge >= 0.3 is 0 Å². The van der Waals surface area contributed by atoms with Crippen molar-refractivity contribution in [2.24, 2.45) is 13.0 Å². The summed E-state index contributed by atoms with van der Waals surface area (Å²) in [6, 6.07) is 14.8. The first-order chi connectivity index (χ1) is 17.4. The fraction of sp³-hybridized carbons (Fsp3) is 0.286. The number of aromatic nitrogens is 6. The summed E-state index contributed by atoms with van der Waals surface area (Å²) in [6.07, 6.45) is 4.37. The van der Waals surface area contributed by atoms with E-state index in [1.54, 1.807) is 23.7 Å².